The monoisotopic (exact) mass is 272 g/mol. The van der Waals surface area contributed by atoms with E-state index in [0.717, 1.165) is 12.0 Å². The highest BCUT2D eigenvalue weighted by Crippen LogP contribution is 2.08. The molecule has 0 fully saturated rings. The third-order valence-electron chi connectivity index (χ3n) is 2.65. The van der Waals surface area contributed by atoms with Crippen molar-refractivity contribution < 1.29 is 19.8 Å². The number of aryl methyl sites for hydroxylation is 1. The number of carboxylic acids is 2. The summed E-state index contributed by atoms with van der Waals surface area (Å²) in [5.41, 5.74) is 1.63. The Morgan fingerprint density at radius 3 is 1.80 bits per heavy atom. The Hall–Kier alpha value is -2.62. The SMILES string of the molecule is CCc1ccccc1C(=O)O.O=C(O)c1ccccc1. The predicted molar refractivity (Wildman–Crippen MR) is 76.2 cm³/mol. The van der Waals surface area contributed by atoms with Gasteiger partial charge < -0.3 is 10.2 Å². The van der Waals surface area contributed by atoms with Gasteiger partial charge in [0.1, 0.15) is 0 Å². The molecule has 0 aliphatic carbocycles. The number of carbonyl (C=O) groups is 2. The van der Waals surface area contributed by atoms with Gasteiger partial charge in [0.2, 0.25) is 0 Å². The third kappa shape index (κ3) is 4.57. The van der Waals surface area contributed by atoms with E-state index in [0.29, 0.717) is 11.1 Å². The maximum Gasteiger partial charge on any atom is 0.335 e. The Bertz CT molecular complexity index is 576. The van der Waals surface area contributed by atoms with Crippen LogP contribution < -0.4 is 0 Å². The van der Waals surface area contributed by atoms with Crippen molar-refractivity contribution in [1.29, 1.82) is 0 Å². The van der Waals surface area contributed by atoms with Gasteiger partial charge in [-0.05, 0) is 30.2 Å². The Kier molecular flexibility index (Phi) is 5.97. The Labute approximate surface area is 117 Å². The van der Waals surface area contributed by atoms with E-state index in [2.05, 4.69) is 0 Å². The molecule has 2 N–H and O–H groups in total. The van der Waals surface area contributed by atoms with Crippen molar-refractivity contribution in [3.63, 3.8) is 0 Å². The zero-order valence-electron chi connectivity index (χ0n) is 11.1. The number of carboxylic acid groups (broad SMARTS) is 2. The standard InChI is InChI=1S/C9H10O2.C7H6O2/c1-2-7-5-3-4-6-8(7)9(10)11;8-7(9)6-4-2-1-3-5-6/h3-6H,2H2,1H3,(H,10,11);1-5H,(H,8,9). The van der Waals surface area contributed by atoms with Crippen LogP contribution in [0.4, 0.5) is 0 Å². The van der Waals surface area contributed by atoms with Gasteiger partial charge in [-0.25, -0.2) is 9.59 Å². The fraction of sp³-hybridized carbons (Fsp3) is 0.125. The van der Waals surface area contributed by atoms with E-state index in [-0.39, 0.29) is 0 Å². The highest BCUT2D eigenvalue weighted by atomic mass is 16.4. The molecule has 0 saturated heterocycles. The number of hydrogen-bond acceptors (Lipinski definition) is 2. The van der Waals surface area contributed by atoms with Gasteiger partial charge in [0.05, 0.1) is 11.1 Å². The number of hydrogen-bond donors (Lipinski definition) is 2. The van der Waals surface area contributed by atoms with Crippen molar-refractivity contribution in [3.05, 3.63) is 71.3 Å². The number of rotatable bonds is 3. The van der Waals surface area contributed by atoms with Gasteiger partial charge in [0.15, 0.2) is 0 Å². The first kappa shape index (κ1) is 15.4. The van der Waals surface area contributed by atoms with E-state index in [1.807, 2.05) is 19.1 Å². The van der Waals surface area contributed by atoms with Crippen molar-refractivity contribution in [3.8, 4) is 0 Å². The van der Waals surface area contributed by atoms with Crippen LogP contribution in [0.15, 0.2) is 54.6 Å². The Balaban J connectivity index is 0.000000204. The van der Waals surface area contributed by atoms with Gasteiger partial charge in [0.25, 0.3) is 0 Å². The van der Waals surface area contributed by atoms with Crippen LogP contribution in [0.2, 0.25) is 0 Å². The summed E-state index contributed by atoms with van der Waals surface area (Å²) in [6, 6.07) is 15.3. The zero-order chi connectivity index (χ0) is 15.0. The lowest BCUT2D eigenvalue weighted by Crippen LogP contribution is -2.00. The maximum atomic E-state index is 10.6. The van der Waals surface area contributed by atoms with Crippen molar-refractivity contribution in [2.45, 2.75) is 13.3 Å². The smallest absolute Gasteiger partial charge is 0.335 e. The molecule has 0 unspecified atom stereocenters. The van der Waals surface area contributed by atoms with Crippen LogP contribution in [0, 0.1) is 0 Å². The van der Waals surface area contributed by atoms with Gasteiger partial charge in [-0.3, -0.25) is 0 Å². The van der Waals surface area contributed by atoms with Crippen molar-refractivity contribution in [2.75, 3.05) is 0 Å². The normalized spacial score (nSPS) is 9.25. The molecule has 0 aliphatic heterocycles. The summed E-state index contributed by atoms with van der Waals surface area (Å²) in [6.07, 6.45) is 0.766. The summed E-state index contributed by atoms with van der Waals surface area (Å²) in [7, 11) is 0. The molecular formula is C16H16O4. The van der Waals surface area contributed by atoms with E-state index >= 15 is 0 Å². The molecule has 0 saturated carbocycles. The summed E-state index contributed by atoms with van der Waals surface area (Å²) in [5.74, 6) is -1.72. The lowest BCUT2D eigenvalue weighted by molar-refractivity contribution is 0.0685. The average Bonchev–Trinajstić information content (AvgIpc) is 2.48. The van der Waals surface area contributed by atoms with Crippen LogP contribution >= 0.6 is 0 Å². The largest absolute Gasteiger partial charge is 0.478 e. The second-order valence-electron chi connectivity index (χ2n) is 3.99. The van der Waals surface area contributed by atoms with Gasteiger partial charge in [0, 0.05) is 0 Å². The highest BCUT2D eigenvalue weighted by molar-refractivity contribution is 5.89. The van der Waals surface area contributed by atoms with Gasteiger partial charge in [-0.1, -0.05) is 43.3 Å². The first-order valence-corrected chi connectivity index (χ1v) is 6.15. The summed E-state index contributed by atoms with van der Waals surface area (Å²) in [6.45, 7) is 1.95. The molecule has 4 nitrogen and oxygen atoms in total. The fourth-order valence-corrected chi connectivity index (χ4v) is 1.62. The molecular weight excluding hydrogens is 256 g/mol. The first-order chi connectivity index (χ1) is 9.56. The topological polar surface area (TPSA) is 74.6 Å². The van der Waals surface area contributed by atoms with Crippen LogP contribution in [0.5, 0.6) is 0 Å². The Morgan fingerprint density at radius 2 is 1.40 bits per heavy atom. The van der Waals surface area contributed by atoms with Crippen LogP contribution in [0.25, 0.3) is 0 Å². The van der Waals surface area contributed by atoms with E-state index in [1.165, 1.54) is 0 Å². The minimum Gasteiger partial charge on any atom is -0.478 e. The van der Waals surface area contributed by atoms with E-state index in [1.54, 1.807) is 42.5 Å². The quantitative estimate of drug-likeness (QED) is 0.898. The molecule has 0 aliphatic rings. The lowest BCUT2D eigenvalue weighted by Gasteiger charge is -2.00. The molecule has 0 heterocycles. The van der Waals surface area contributed by atoms with Crippen LogP contribution in [-0.2, 0) is 6.42 Å². The molecule has 0 aromatic heterocycles. The number of aromatic carboxylic acids is 2. The first-order valence-electron chi connectivity index (χ1n) is 6.15. The van der Waals surface area contributed by atoms with E-state index < -0.39 is 11.9 Å². The number of benzene rings is 2. The summed E-state index contributed by atoms with van der Waals surface area (Å²) in [5, 5.41) is 17.1. The zero-order valence-corrected chi connectivity index (χ0v) is 11.1. The average molecular weight is 272 g/mol. The lowest BCUT2D eigenvalue weighted by atomic mass is 10.1. The molecule has 0 amide bonds. The van der Waals surface area contributed by atoms with Gasteiger partial charge in [-0.2, -0.15) is 0 Å². The molecule has 4 heteroatoms. The fourth-order valence-electron chi connectivity index (χ4n) is 1.62. The van der Waals surface area contributed by atoms with E-state index in [4.69, 9.17) is 10.2 Å². The Morgan fingerprint density at radius 1 is 0.850 bits per heavy atom. The molecule has 2 rings (SSSR count). The maximum absolute atomic E-state index is 10.6. The van der Waals surface area contributed by atoms with Crippen LogP contribution in [0.1, 0.15) is 33.2 Å². The predicted octanol–water partition coefficient (Wildman–Crippen LogP) is 3.33. The second kappa shape index (κ2) is 7.74. The molecule has 2 aromatic carbocycles. The van der Waals surface area contributed by atoms with Gasteiger partial charge >= 0.3 is 11.9 Å². The third-order valence-corrected chi connectivity index (χ3v) is 2.65. The minimum absolute atomic E-state index is 0.331. The molecule has 2 aromatic rings. The molecule has 0 radical (unpaired) electrons. The van der Waals surface area contributed by atoms with Crippen molar-refractivity contribution in [1.82, 2.24) is 0 Å². The molecule has 0 atom stereocenters. The molecule has 0 spiro atoms. The summed E-state index contributed by atoms with van der Waals surface area (Å²) >= 11 is 0. The van der Waals surface area contributed by atoms with Gasteiger partial charge in [-0.15, -0.1) is 0 Å². The minimum atomic E-state index is -0.879. The van der Waals surface area contributed by atoms with Crippen molar-refractivity contribution >= 4 is 11.9 Å². The molecule has 0 bridgehead atoms. The van der Waals surface area contributed by atoms with E-state index in [9.17, 15) is 9.59 Å². The van der Waals surface area contributed by atoms with Crippen LogP contribution in [0.3, 0.4) is 0 Å². The summed E-state index contributed by atoms with van der Waals surface area (Å²) < 4.78 is 0. The molecule has 20 heavy (non-hydrogen) atoms. The highest BCUT2D eigenvalue weighted by Gasteiger charge is 2.05. The van der Waals surface area contributed by atoms with Crippen molar-refractivity contribution in [2.24, 2.45) is 0 Å². The second-order valence-corrected chi connectivity index (χ2v) is 3.99. The van der Waals surface area contributed by atoms with Crippen LogP contribution in [-0.4, -0.2) is 22.2 Å². The molecule has 104 valence electrons. The summed E-state index contributed by atoms with van der Waals surface area (Å²) in [4.78, 5) is 20.8.